The van der Waals surface area contributed by atoms with Crippen LogP contribution in [0, 0.1) is 0 Å². The molecule has 0 bridgehead atoms. The van der Waals surface area contributed by atoms with Crippen molar-refractivity contribution in [3.8, 4) is 5.75 Å². The summed E-state index contributed by atoms with van der Waals surface area (Å²) in [5, 5.41) is 9.73. The van der Waals surface area contributed by atoms with Gasteiger partial charge in [0.15, 0.2) is 0 Å². The number of phenols is 1. The van der Waals surface area contributed by atoms with Crippen LogP contribution in [0.2, 0.25) is 0 Å². The summed E-state index contributed by atoms with van der Waals surface area (Å²) >= 11 is 3.42. The normalized spacial score (nSPS) is 14.6. The SMILES string of the molecule is NCc1cc2c(c(Br)c1O)CCC2. The number of rotatable bonds is 1. The molecule has 0 heterocycles. The Balaban J connectivity index is 2.61. The monoisotopic (exact) mass is 241 g/mol. The summed E-state index contributed by atoms with van der Waals surface area (Å²) in [6.07, 6.45) is 3.36. The predicted molar refractivity (Wildman–Crippen MR) is 55.7 cm³/mol. The summed E-state index contributed by atoms with van der Waals surface area (Å²) < 4.78 is 0.850. The maximum absolute atomic E-state index is 9.73. The van der Waals surface area contributed by atoms with Gasteiger partial charge in [0.05, 0.1) is 4.47 Å². The molecule has 0 fully saturated rings. The van der Waals surface area contributed by atoms with Gasteiger partial charge in [0.2, 0.25) is 0 Å². The van der Waals surface area contributed by atoms with Crippen molar-refractivity contribution in [1.29, 1.82) is 0 Å². The van der Waals surface area contributed by atoms with E-state index in [0.717, 1.165) is 22.9 Å². The Labute approximate surface area is 85.9 Å². The Morgan fingerprint density at radius 2 is 2.23 bits per heavy atom. The minimum absolute atomic E-state index is 0.322. The summed E-state index contributed by atoms with van der Waals surface area (Å²) in [4.78, 5) is 0. The predicted octanol–water partition coefficient (Wildman–Crippen LogP) is 2.10. The third kappa shape index (κ3) is 1.36. The molecule has 1 aromatic rings. The van der Waals surface area contributed by atoms with Crippen LogP contribution in [0.3, 0.4) is 0 Å². The molecule has 0 spiro atoms. The molecule has 2 nitrogen and oxygen atoms in total. The molecule has 3 heteroatoms. The number of fused-ring (bicyclic) bond motifs is 1. The van der Waals surface area contributed by atoms with E-state index in [1.54, 1.807) is 0 Å². The van der Waals surface area contributed by atoms with Crippen molar-refractivity contribution < 1.29 is 5.11 Å². The topological polar surface area (TPSA) is 46.2 Å². The van der Waals surface area contributed by atoms with E-state index in [0.29, 0.717) is 12.3 Å². The number of hydrogen-bond donors (Lipinski definition) is 2. The maximum atomic E-state index is 9.73. The van der Waals surface area contributed by atoms with Crippen LogP contribution in [0.4, 0.5) is 0 Å². The van der Waals surface area contributed by atoms with E-state index >= 15 is 0 Å². The third-order valence-electron chi connectivity index (χ3n) is 2.61. The number of hydrogen-bond acceptors (Lipinski definition) is 2. The molecule has 0 saturated carbocycles. The quantitative estimate of drug-likeness (QED) is 0.792. The molecule has 3 N–H and O–H groups in total. The largest absolute Gasteiger partial charge is 0.506 e. The molecule has 0 atom stereocenters. The van der Waals surface area contributed by atoms with E-state index in [-0.39, 0.29) is 0 Å². The number of phenolic OH excluding ortho intramolecular Hbond substituents is 1. The van der Waals surface area contributed by atoms with E-state index in [9.17, 15) is 5.11 Å². The lowest BCUT2D eigenvalue weighted by Gasteiger charge is -2.09. The Morgan fingerprint density at radius 1 is 1.46 bits per heavy atom. The Hall–Kier alpha value is -0.540. The molecule has 0 unspecified atom stereocenters. The van der Waals surface area contributed by atoms with Crippen LogP contribution in [0.1, 0.15) is 23.1 Å². The molecule has 13 heavy (non-hydrogen) atoms. The second-order valence-electron chi connectivity index (χ2n) is 3.39. The molecule has 2 rings (SSSR count). The number of aromatic hydroxyl groups is 1. The molecule has 0 amide bonds. The zero-order valence-corrected chi connectivity index (χ0v) is 8.89. The molecular weight excluding hydrogens is 230 g/mol. The minimum atomic E-state index is 0.322. The summed E-state index contributed by atoms with van der Waals surface area (Å²) in [5.74, 6) is 0.322. The van der Waals surface area contributed by atoms with Crippen LogP contribution < -0.4 is 5.73 Å². The first-order valence-electron chi connectivity index (χ1n) is 4.46. The third-order valence-corrected chi connectivity index (χ3v) is 3.46. The second kappa shape index (κ2) is 3.31. The highest BCUT2D eigenvalue weighted by molar-refractivity contribution is 9.10. The molecule has 1 aliphatic carbocycles. The molecule has 0 saturated heterocycles. The van der Waals surface area contributed by atoms with Crippen molar-refractivity contribution in [2.75, 3.05) is 0 Å². The van der Waals surface area contributed by atoms with E-state index in [1.807, 2.05) is 6.07 Å². The lowest BCUT2D eigenvalue weighted by atomic mass is 10.1. The molecule has 0 radical (unpaired) electrons. The summed E-state index contributed by atoms with van der Waals surface area (Å²) in [5.41, 5.74) is 8.97. The van der Waals surface area contributed by atoms with Gasteiger partial charge >= 0.3 is 0 Å². The second-order valence-corrected chi connectivity index (χ2v) is 4.19. The number of halogens is 1. The van der Waals surface area contributed by atoms with Crippen LogP contribution in [-0.2, 0) is 19.4 Å². The van der Waals surface area contributed by atoms with E-state index < -0.39 is 0 Å². The first-order chi connectivity index (χ1) is 6.24. The van der Waals surface area contributed by atoms with Crippen molar-refractivity contribution in [3.63, 3.8) is 0 Å². The fraction of sp³-hybridized carbons (Fsp3) is 0.400. The average molecular weight is 242 g/mol. The smallest absolute Gasteiger partial charge is 0.134 e. The van der Waals surface area contributed by atoms with Gasteiger partial charge in [-0.05, 0) is 46.3 Å². The molecule has 0 aromatic heterocycles. The van der Waals surface area contributed by atoms with Crippen LogP contribution in [0.25, 0.3) is 0 Å². The summed E-state index contributed by atoms with van der Waals surface area (Å²) in [6.45, 7) is 0.401. The van der Waals surface area contributed by atoms with E-state index in [1.165, 1.54) is 17.5 Å². The maximum Gasteiger partial charge on any atom is 0.134 e. The lowest BCUT2D eigenvalue weighted by Crippen LogP contribution is -1.99. The van der Waals surface area contributed by atoms with Crippen molar-refractivity contribution in [1.82, 2.24) is 0 Å². The Morgan fingerprint density at radius 3 is 2.92 bits per heavy atom. The molecule has 0 aliphatic heterocycles. The van der Waals surface area contributed by atoms with E-state index in [2.05, 4.69) is 15.9 Å². The van der Waals surface area contributed by atoms with Crippen molar-refractivity contribution in [3.05, 3.63) is 27.2 Å². The van der Waals surface area contributed by atoms with Crippen molar-refractivity contribution in [2.45, 2.75) is 25.8 Å². The fourth-order valence-corrected chi connectivity index (χ4v) is 2.60. The standard InChI is InChI=1S/C10H12BrNO/c11-9-8-3-1-2-6(8)4-7(5-12)10(9)13/h4,13H,1-3,5,12H2. The average Bonchev–Trinajstić information content (AvgIpc) is 2.59. The van der Waals surface area contributed by atoms with E-state index in [4.69, 9.17) is 5.73 Å². The zero-order valence-electron chi connectivity index (χ0n) is 7.31. The highest BCUT2D eigenvalue weighted by Crippen LogP contribution is 2.38. The summed E-state index contributed by atoms with van der Waals surface area (Å²) in [7, 11) is 0. The van der Waals surface area contributed by atoms with Crippen LogP contribution in [0.5, 0.6) is 5.75 Å². The van der Waals surface area contributed by atoms with Gasteiger partial charge in [-0.25, -0.2) is 0 Å². The van der Waals surface area contributed by atoms with Gasteiger partial charge in [-0.15, -0.1) is 0 Å². The van der Waals surface area contributed by atoms with Gasteiger partial charge < -0.3 is 10.8 Å². The van der Waals surface area contributed by atoms with Gasteiger partial charge in [0.25, 0.3) is 0 Å². The first kappa shape index (κ1) is 9.03. The highest BCUT2D eigenvalue weighted by atomic mass is 79.9. The summed E-state index contributed by atoms with van der Waals surface area (Å²) in [6, 6.07) is 2.03. The number of benzene rings is 1. The zero-order chi connectivity index (χ0) is 9.42. The van der Waals surface area contributed by atoms with Crippen LogP contribution >= 0.6 is 15.9 Å². The number of aryl methyl sites for hydroxylation is 1. The first-order valence-corrected chi connectivity index (χ1v) is 5.25. The van der Waals surface area contributed by atoms with Gasteiger partial charge in [0, 0.05) is 12.1 Å². The molecular formula is C10H12BrNO. The molecule has 70 valence electrons. The lowest BCUT2D eigenvalue weighted by molar-refractivity contribution is 0.464. The van der Waals surface area contributed by atoms with Crippen LogP contribution in [0.15, 0.2) is 10.5 Å². The van der Waals surface area contributed by atoms with Gasteiger partial charge in [-0.3, -0.25) is 0 Å². The van der Waals surface area contributed by atoms with Crippen LogP contribution in [-0.4, -0.2) is 5.11 Å². The highest BCUT2D eigenvalue weighted by Gasteiger charge is 2.18. The number of nitrogens with two attached hydrogens (primary N) is 1. The fourth-order valence-electron chi connectivity index (χ4n) is 1.90. The molecule has 1 aromatic carbocycles. The van der Waals surface area contributed by atoms with Gasteiger partial charge in [-0.2, -0.15) is 0 Å². The minimum Gasteiger partial charge on any atom is -0.506 e. The van der Waals surface area contributed by atoms with Gasteiger partial charge in [-0.1, -0.05) is 6.07 Å². The van der Waals surface area contributed by atoms with Crippen molar-refractivity contribution in [2.24, 2.45) is 5.73 Å². The Kier molecular flexibility index (Phi) is 2.30. The Bertz CT molecular complexity index is 349. The molecule has 1 aliphatic rings. The van der Waals surface area contributed by atoms with Crippen molar-refractivity contribution >= 4 is 15.9 Å². The van der Waals surface area contributed by atoms with Gasteiger partial charge in [0.1, 0.15) is 5.75 Å².